The lowest BCUT2D eigenvalue weighted by Crippen LogP contribution is -2.44. The van der Waals surface area contributed by atoms with Gasteiger partial charge in [0, 0.05) is 18.1 Å². The van der Waals surface area contributed by atoms with Crippen molar-refractivity contribution in [2.24, 2.45) is 15.3 Å². The molecule has 0 radical (unpaired) electrons. The highest BCUT2D eigenvalue weighted by atomic mass is 35.5. The predicted octanol–water partition coefficient (Wildman–Crippen LogP) is 5.20. The number of rotatable bonds is 5. The van der Waals surface area contributed by atoms with Crippen LogP contribution in [0.3, 0.4) is 0 Å². The zero-order valence-electron chi connectivity index (χ0n) is 16.4. The van der Waals surface area contributed by atoms with Crippen LogP contribution in [-0.4, -0.2) is 40.7 Å². The molecule has 0 bridgehead atoms. The van der Waals surface area contributed by atoms with Crippen LogP contribution in [0.2, 0.25) is 5.02 Å². The topological polar surface area (TPSA) is 60.6 Å². The molecular formula is C22H24ClN5O. The molecule has 2 aromatic rings. The fraction of sp³-hybridized carbons (Fsp3) is 0.364. The van der Waals surface area contributed by atoms with Crippen molar-refractivity contribution in [3.8, 4) is 0 Å². The van der Waals surface area contributed by atoms with Gasteiger partial charge in [0.15, 0.2) is 6.04 Å². The SMILES string of the molecule is CC1=NN(C(c2ccccc2)N2CCCCC2)C(=O)C1N=Nc1ccc(Cl)cc1. The number of hydrogen-bond donors (Lipinski definition) is 0. The van der Waals surface area contributed by atoms with Crippen LogP contribution in [0.1, 0.15) is 37.9 Å². The molecular weight excluding hydrogens is 386 g/mol. The van der Waals surface area contributed by atoms with Gasteiger partial charge in [-0.15, -0.1) is 0 Å². The molecule has 1 saturated heterocycles. The van der Waals surface area contributed by atoms with Crippen molar-refractivity contribution in [3.05, 3.63) is 65.2 Å². The maximum absolute atomic E-state index is 13.3. The first-order valence-electron chi connectivity index (χ1n) is 9.97. The molecule has 29 heavy (non-hydrogen) atoms. The van der Waals surface area contributed by atoms with Crippen molar-refractivity contribution in [2.75, 3.05) is 13.1 Å². The molecule has 2 atom stereocenters. The van der Waals surface area contributed by atoms with E-state index in [1.165, 1.54) is 6.42 Å². The summed E-state index contributed by atoms with van der Waals surface area (Å²) >= 11 is 5.91. The third-order valence-corrected chi connectivity index (χ3v) is 5.55. The number of benzene rings is 2. The summed E-state index contributed by atoms with van der Waals surface area (Å²) in [6, 6.07) is 16.5. The van der Waals surface area contributed by atoms with Crippen LogP contribution in [0.4, 0.5) is 5.69 Å². The minimum Gasteiger partial charge on any atom is -0.278 e. The predicted molar refractivity (Wildman–Crippen MR) is 114 cm³/mol. The normalized spacial score (nSPS) is 21.6. The van der Waals surface area contributed by atoms with Gasteiger partial charge in [-0.25, -0.2) is 5.01 Å². The minimum absolute atomic E-state index is 0.139. The summed E-state index contributed by atoms with van der Waals surface area (Å²) in [4.78, 5) is 15.6. The Morgan fingerprint density at radius 2 is 1.72 bits per heavy atom. The Bertz CT molecular complexity index is 907. The molecule has 0 aromatic heterocycles. The van der Waals surface area contributed by atoms with Crippen molar-refractivity contribution in [3.63, 3.8) is 0 Å². The number of piperidine rings is 1. The second-order valence-electron chi connectivity index (χ2n) is 7.40. The first-order valence-corrected chi connectivity index (χ1v) is 10.3. The molecule has 2 heterocycles. The van der Waals surface area contributed by atoms with Crippen LogP contribution in [0, 0.1) is 0 Å². The molecule has 4 rings (SSSR count). The van der Waals surface area contributed by atoms with E-state index >= 15 is 0 Å². The van der Waals surface area contributed by atoms with Crippen molar-refractivity contribution in [1.82, 2.24) is 9.91 Å². The number of likely N-dealkylation sites (tertiary alicyclic amines) is 1. The number of carbonyl (C=O) groups is 1. The number of azo groups is 1. The Labute approximate surface area is 175 Å². The van der Waals surface area contributed by atoms with E-state index < -0.39 is 6.04 Å². The number of hydrazone groups is 1. The van der Waals surface area contributed by atoms with Crippen molar-refractivity contribution >= 4 is 28.9 Å². The number of nitrogens with zero attached hydrogens (tertiary/aromatic N) is 5. The zero-order chi connectivity index (χ0) is 20.2. The molecule has 0 aliphatic carbocycles. The van der Waals surface area contributed by atoms with Gasteiger partial charge in [-0.1, -0.05) is 48.4 Å². The van der Waals surface area contributed by atoms with Gasteiger partial charge in [0.2, 0.25) is 0 Å². The van der Waals surface area contributed by atoms with Crippen LogP contribution in [-0.2, 0) is 4.79 Å². The van der Waals surface area contributed by atoms with Crippen LogP contribution in [0.25, 0.3) is 0 Å². The van der Waals surface area contributed by atoms with Crippen molar-refractivity contribution < 1.29 is 4.79 Å². The van der Waals surface area contributed by atoms with E-state index in [4.69, 9.17) is 11.6 Å². The minimum atomic E-state index is -0.693. The highest BCUT2D eigenvalue weighted by molar-refractivity contribution is 6.30. The fourth-order valence-electron chi connectivity index (χ4n) is 3.81. The van der Waals surface area contributed by atoms with Crippen LogP contribution in [0.15, 0.2) is 69.9 Å². The van der Waals surface area contributed by atoms with Crippen molar-refractivity contribution in [1.29, 1.82) is 0 Å². The number of amides is 1. The second kappa shape index (κ2) is 8.84. The quantitative estimate of drug-likeness (QED) is 0.637. The first-order chi connectivity index (χ1) is 14.1. The summed E-state index contributed by atoms with van der Waals surface area (Å²) in [7, 11) is 0. The first kappa shape index (κ1) is 19.7. The van der Waals surface area contributed by atoms with Gasteiger partial charge in [-0.05, 0) is 49.6 Å². The Balaban J connectivity index is 1.59. The summed E-state index contributed by atoms with van der Waals surface area (Å²) in [6.45, 7) is 3.74. The average Bonchev–Trinajstić information content (AvgIpc) is 3.03. The molecule has 150 valence electrons. The van der Waals surface area contributed by atoms with E-state index in [9.17, 15) is 4.79 Å². The summed E-state index contributed by atoms with van der Waals surface area (Å²) in [5.74, 6) is -0.139. The third kappa shape index (κ3) is 4.38. The Morgan fingerprint density at radius 3 is 2.41 bits per heavy atom. The molecule has 2 aliphatic rings. The fourth-order valence-corrected chi connectivity index (χ4v) is 3.94. The number of halogens is 1. The third-order valence-electron chi connectivity index (χ3n) is 5.30. The van der Waals surface area contributed by atoms with E-state index in [1.54, 1.807) is 29.3 Å². The molecule has 1 fully saturated rings. The van der Waals surface area contributed by atoms with E-state index in [1.807, 2.05) is 25.1 Å². The smallest absolute Gasteiger partial charge is 0.277 e. The van der Waals surface area contributed by atoms with Gasteiger partial charge in [0.1, 0.15) is 6.17 Å². The lowest BCUT2D eigenvalue weighted by atomic mass is 10.1. The van der Waals surface area contributed by atoms with Crippen LogP contribution in [0.5, 0.6) is 0 Å². The van der Waals surface area contributed by atoms with Crippen molar-refractivity contribution in [2.45, 2.75) is 38.4 Å². The molecule has 2 aromatic carbocycles. The summed E-state index contributed by atoms with van der Waals surface area (Å²) < 4.78 is 0. The summed E-state index contributed by atoms with van der Waals surface area (Å²) in [5, 5.41) is 15.4. The molecule has 6 nitrogen and oxygen atoms in total. The second-order valence-corrected chi connectivity index (χ2v) is 7.84. The van der Waals surface area contributed by atoms with Crippen LogP contribution >= 0.6 is 11.6 Å². The highest BCUT2D eigenvalue weighted by Gasteiger charge is 2.40. The molecule has 7 heteroatoms. The molecule has 0 spiro atoms. The van der Waals surface area contributed by atoms with Gasteiger partial charge < -0.3 is 0 Å². The maximum atomic E-state index is 13.3. The lowest BCUT2D eigenvalue weighted by molar-refractivity contribution is -0.136. The monoisotopic (exact) mass is 409 g/mol. The van der Waals surface area contributed by atoms with E-state index in [0.717, 1.165) is 31.5 Å². The van der Waals surface area contributed by atoms with Gasteiger partial charge in [-0.2, -0.15) is 15.3 Å². The van der Waals surface area contributed by atoms with Gasteiger partial charge >= 0.3 is 0 Å². The highest BCUT2D eigenvalue weighted by Crippen LogP contribution is 2.32. The summed E-state index contributed by atoms with van der Waals surface area (Å²) in [6.07, 6.45) is 3.28. The lowest BCUT2D eigenvalue weighted by Gasteiger charge is -2.38. The Kier molecular flexibility index (Phi) is 6.02. The Morgan fingerprint density at radius 1 is 1.03 bits per heavy atom. The maximum Gasteiger partial charge on any atom is 0.277 e. The molecule has 1 amide bonds. The summed E-state index contributed by atoms with van der Waals surface area (Å²) in [5.41, 5.74) is 2.38. The standard InChI is InChI=1S/C22H24ClN5O/c1-16-20(25-24-19-12-10-18(23)11-13-19)22(29)28(26-16)21(17-8-4-2-5-9-17)27-14-6-3-7-15-27/h2,4-5,8-13,20-21H,3,6-7,14-15H2,1H3. The Hall–Kier alpha value is -2.57. The average molecular weight is 410 g/mol. The van der Waals surface area contributed by atoms with E-state index in [0.29, 0.717) is 16.4 Å². The number of carbonyl (C=O) groups excluding carboxylic acids is 1. The van der Waals surface area contributed by atoms with E-state index in [2.05, 4.69) is 32.4 Å². The number of hydrogen-bond acceptors (Lipinski definition) is 5. The van der Waals surface area contributed by atoms with Crippen LogP contribution < -0.4 is 0 Å². The van der Waals surface area contributed by atoms with Gasteiger partial charge in [-0.3, -0.25) is 9.69 Å². The largest absolute Gasteiger partial charge is 0.278 e. The molecule has 0 N–H and O–H groups in total. The molecule has 2 aliphatic heterocycles. The zero-order valence-corrected chi connectivity index (χ0v) is 17.2. The van der Waals surface area contributed by atoms with Gasteiger partial charge in [0.25, 0.3) is 5.91 Å². The van der Waals surface area contributed by atoms with Gasteiger partial charge in [0.05, 0.1) is 11.4 Å². The molecule has 0 saturated carbocycles. The molecule has 2 unspecified atom stereocenters. The van der Waals surface area contributed by atoms with E-state index in [-0.39, 0.29) is 12.1 Å².